The van der Waals surface area contributed by atoms with Gasteiger partial charge in [-0.1, -0.05) is 13.0 Å². The number of carboxylic acids is 1. The van der Waals surface area contributed by atoms with Crippen LogP contribution in [-0.4, -0.2) is 22.1 Å². The summed E-state index contributed by atoms with van der Waals surface area (Å²) in [6.45, 7) is 3.96. The van der Waals surface area contributed by atoms with Crippen LogP contribution in [-0.2, 0) is 6.42 Å². The third-order valence-corrected chi connectivity index (χ3v) is 4.46. The van der Waals surface area contributed by atoms with E-state index in [2.05, 4.69) is 5.32 Å². The molecule has 0 saturated heterocycles. The lowest BCUT2D eigenvalue weighted by atomic mass is 10.1. The van der Waals surface area contributed by atoms with Crippen molar-refractivity contribution in [3.63, 3.8) is 0 Å². The fraction of sp³-hybridized carbons (Fsp3) is 0.200. The number of nitrogens with one attached hydrogen (secondary N) is 1. The minimum absolute atomic E-state index is 0.0870. The van der Waals surface area contributed by atoms with E-state index in [1.165, 1.54) is 29.5 Å². The van der Waals surface area contributed by atoms with E-state index in [1.807, 2.05) is 13.8 Å². The number of carboxylic acid groups (broad SMARTS) is 1. The van der Waals surface area contributed by atoms with Crippen LogP contribution in [0, 0.1) is 6.92 Å². The Morgan fingerprint density at radius 3 is 2.62 bits per heavy atom. The molecule has 1 amide bonds. The summed E-state index contributed by atoms with van der Waals surface area (Å²) in [5.41, 5.74) is 0.893. The van der Waals surface area contributed by atoms with Crippen molar-refractivity contribution in [3.05, 3.63) is 45.1 Å². The molecule has 3 N–H and O–H groups in total. The first-order chi connectivity index (χ1) is 9.93. The van der Waals surface area contributed by atoms with Gasteiger partial charge in [-0.2, -0.15) is 0 Å². The van der Waals surface area contributed by atoms with Gasteiger partial charge in [0.2, 0.25) is 0 Å². The first kappa shape index (κ1) is 15.1. The van der Waals surface area contributed by atoms with Gasteiger partial charge in [-0.15, -0.1) is 11.3 Å². The second-order valence-corrected chi connectivity index (χ2v) is 5.67. The van der Waals surface area contributed by atoms with Gasteiger partial charge in [0.1, 0.15) is 5.56 Å². The SMILES string of the molecule is CCc1sc(C(=O)Nc2cccc(C(=O)O)c2O)cc1C. The van der Waals surface area contributed by atoms with E-state index in [9.17, 15) is 14.7 Å². The standard InChI is InChI=1S/C15H15NO4S/c1-3-11-8(2)7-12(21-11)14(18)16-10-6-4-5-9(13(10)17)15(19)20/h4-7,17H,3H2,1-2H3,(H,16,18)(H,19,20). The van der Waals surface area contributed by atoms with Crippen molar-refractivity contribution < 1.29 is 19.8 Å². The molecule has 21 heavy (non-hydrogen) atoms. The molecule has 0 saturated carbocycles. The quantitative estimate of drug-likeness (QED) is 0.757. The largest absolute Gasteiger partial charge is 0.505 e. The summed E-state index contributed by atoms with van der Waals surface area (Å²) in [7, 11) is 0. The zero-order valence-electron chi connectivity index (χ0n) is 11.6. The molecule has 0 spiro atoms. The maximum atomic E-state index is 12.2. The number of thiophene rings is 1. The van der Waals surface area contributed by atoms with E-state index in [4.69, 9.17) is 5.11 Å². The van der Waals surface area contributed by atoms with E-state index in [-0.39, 0.29) is 17.2 Å². The Morgan fingerprint density at radius 1 is 1.33 bits per heavy atom. The summed E-state index contributed by atoms with van der Waals surface area (Å²) >= 11 is 1.39. The van der Waals surface area contributed by atoms with Crippen molar-refractivity contribution >= 4 is 28.9 Å². The van der Waals surface area contributed by atoms with E-state index in [0.29, 0.717) is 4.88 Å². The maximum absolute atomic E-state index is 12.2. The molecule has 0 aliphatic rings. The van der Waals surface area contributed by atoms with Crippen molar-refractivity contribution in [3.8, 4) is 5.75 Å². The third kappa shape index (κ3) is 3.05. The van der Waals surface area contributed by atoms with Gasteiger partial charge in [-0.3, -0.25) is 4.79 Å². The number of aromatic carboxylic acids is 1. The number of aryl methyl sites for hydroxylation is 2. The molecular weight excluding hydrogens is 290 g/mol. The van der Waals surface area contributed by atoms with Crippen LogP contribution < -0.4 is 5.32 Å². The smallest absolute Gasteiger partial charge is 0.339 e. The first-order valence-electron chi connectivity index (χ1n) is 6.40. The molecular formula is C15H15NO4S. The molecule has 0 fully saturated rings. The van der Waals surface area contributed by atoms with Crippen LogP contribution in [0.25, 0.3) is 0 Å². The number of aromatic hydroxyl groups is 1. The number of anilines is 1. The summed E-state index contributed by atoms with van der Waals surface area (Å²) in [5.74, 6) is -2.05. The Balaban J connectivity index is 2.27. The van der Waals surface area contributed by atoms with Crippen LogP contribution >= 0.6 is 11.3 Å². The number of carbonyl (C=O) groups excluding carboxylic acids is 1. The zero-order chi connectivity index (χ0) is 15.6. The molecule has 0 atom stereocenters. The molecule has 1 aromatic carbocycles. The normalized spacial score (nSPS) is 10.4. The summed E-state index contributed by atoms with van der Waals surface area (Å²) < 4.78 is 0. The average Bonchev–Trinajstić information content (AvgIpc) is 2.82. The van der Waals surface area contributed by atoms with Crippen molar-refractivity contribution in [2.45, 2.75) is 20.3 Å². The van der Waals surface area contributed by atoms with Gasteiger partial charge in [0.15, 0.2) is 5.75 Å². The topological polar surface area (TPSA) is 86.6 Å². The maximum Gasteiger partial charge on any atom is 0.339 e. The van der Waals surface area contributed by atoms with E-state index in [0.717, 1.165) is 16.9 Å². The molecule has 6 heteroatoms. The Hall–Kier alpha value is -2.34. The lowest BCUT2D eigenvalue weighted by Crippen LogP contribution is -2.11. The van der Waals surface area contributed by atoms with E-state index < -0.39 is 11.7 Å². The number of rotatable bonds is 4. The number of amides is 1. The number of carbonyl (C=O) groups is 2. The van der Waals surface area contributed by atoms with Crippen LogP contribution in [0.5, 0.6) is 5.75 Å². The summed E-state index contributed by atoms with van der Waals surface area (Å²) in [6, 6.07) is 5.99. The van der Waals surface area contributed by atoms with Gasteiger partial charge < -0.3 is 15.5 Å². The van der Waals surface area contributed by atoms with Crippen molar-refractivity contribution in [1.29, 1.82) is 0 Å². The van der Waals surface area contributed by atoms with Crippen molar-refractivity contribution in [2.75, 3.05) is 5.32 Å². The lowest BCUT2D eigenvalue weighted by Gasteiger charge is -2.08. The van der Waals surface area contributed by atoms with Gasteiger partial charge in [0.05, 0.1) is 10.6 Å². The van der Waals surface area contributed by atoms with Gasteiger partial charge in [-0.25, -0.2) is 4.79 Å². The number of hydrogen-bond acceptors (Lipinski definition) is 4. The van der Waals surface area contributed by atoms with Gasteiger partial charge in [0.25, 0.3) is 5.91 Å². The zero-order valence-corrected chi connectivity index (χ0v) is 12.5. The molecule has 110 valence electrons. The monoisotopic (exact) mass is 305 g/mol. The van der Waals surface area contributed by atoms with Crippen LogP contribution in [0.4, 0.5) is 5.69 Å². The van der Waals surface area contributed by atoms with Crippen LogP contribution in [0.2, 0.25) is 0 Å². The number of hydrogen-bond donors (Lipinski definition) is 3. The predicted octanol–water partition coefficient (Wildman–Crippen LogP) is 3.28. The highest BCUT2D eigenvalue weighted by Gasteiger charge is 2.17. The van der Waals surface area contributed by atoms with Crippen LogP contribution in [0.3, 0.4) is 0 Å². The lowest BCUT2D eigenvalue weighted by molar-refractivity contribution is 0.0693. The van der Waals surface area contributed by atoms with Crippen LogP contribution in [0.1, 0.15) is 37.4 Å². The molecule has 1 aromatic heterocycles. The Bertz CT molecular complexity index is 706. The molecule has 0 unspecified atom stereocenters. The van der Waals surface area contributed by atoms with E-state index >= 15 is 0 Å². The summed E-state index contributed by atoms with van der Waals surface area (Å²) in [6.07, 6.45) is 0.851. The highest BCUT2D eigenvalue weighted by molar-refractivity contribution is 7.14. The minimum Gasteiger partial charge on any atom is -0.505 e. The van der Waals surface area contributed by atoms with Crippen LogP contribution in [0.15, 0.2) is 24.3 Å². The fourth-order valence-electron chi connectivity index (χ4n) is 1.98. The number of para-hydroxylation sites is 1. The molecule has 0 aliphatic heterocycles. The second kappa shape index (κ2) is 5.97. The summed E-state index contributed by atoms with van der Waals surface area (Å²) in [5, 5.41) is 21.4. The number of phenols is 1. The number of benzene rings is 1. The Labute approximate surface area is 125 Å². The molecule has 2 aromatic rings. The van der Waals surface area contributed by atoms with Gasteiger partial charge in [0, 0.05) is 4.88 Å². The average molecular weight is 305 g/mol. The Morgan fingerprint density at radius 2 is 2.05 bits per heavy atom. The highest BCUT2D eigenvalue weighted by Crippen LogP contribution is 2.29. The second-order valence-electron chi connectivity index (χ2n) is 4.53. The molecule has 0 aliphatic carbocycles. The predicted molar refractivity (Wildman–Crippen MR) is 81.5 cm³/mol. The first-order valence-corrected chi connectivity index (χ1v) is 7.21. The molecule has 0 radical (unpaired) electrons. The van der Waals surface area contributed by atoms with Gasteiger partial charge in [-0.05, 0) is 37.1 Å². The molecule has 2 rings (SSSR count). The van der Waals surface area contributed by atoms with Crippen molar-refractivity contribution in [1.82, 2.24) is 0 Å². The van der Waals surface area contributed by atoms with Gasteiger partial charge >= 0.3 is 5.97 Å². The minimum atomic E-state index is -1.25. The fourth-order valence-corrected chi connectivity index (χ4v) is 2.99. The third-order valence-electron chi connectivity index (χ3n) is 3.08. The van der Waals surface area contributed by atoms with Crippen molar-refractivity contribution in [2.24, 2.45) is 0 Å². The highest BCUT2D eigenvalue weighted by atomic mass is 32.1. The van der Waals surface area contributed by atoms with E-state index in [1.54, 1.807) is 6.07 Å². The molecule has 0 bridgehead atoms. The molecule has 1 heterocycles. The molecule has 5 nitrogen and oxygen atoms in total. The summed E-state index contributed by atoms with van der Waals surface area (Å²) in [4.78, 5) is 24.8. The Kier molecular flexibility index (Phi) is 4.28.